The predicted octanol–water partition coefficient (Wildman–Crippen LogP) is 3.12. The van der Waals surface area contributed by atoms with E-state index in [9.17, 15) is 9.59 Å². The Bertz CT molecular complexity index is 1050. The van der Waals surface area contributed by atoms with Gasteiger partial charge in [-0.1, -0.05) is 48.5 Å². The van der Waals surface area contributed by atoms with Crippen LogP contribution in [0.5, 0.6) is 0 Å². The Hall–Kier alpha value is -3.67. The number of hydrogen-bond donors (Lipinski definition) is 2. The zero-order valence-electron chi connectivity index (χ0n) is 14.7. The molecule has 3 aromatic rings. The van der Waals surface area contributed by atoms with Gasteiger partial charge in [-0.25, -0.2) is 10.0 Å². The molecule has 0 radical (unpaired) electrons. The van der Waals surface area contributed by atoms with E-state index >= 15 is 0 Å². The van der Waals surface area contributed by atoms with E-state index in [4.69, 9.17) is 0 Å². The molecular formula is C21H18N4O2. The second-order valence-corrected chi connectivity index (χ2v) is 6.29. The smallest absolute Gasteiger partial charge is 0.292 e. The summed E-state index contributed by atoms with van der Waals surface area (Å²) in [5, 5.41) is 6.32. The molecule has 1 unspecified atom stereocenters. The van der Waals surface area contributed by atoms with Crippen LogP contribution in [-0.4, -0.2) is 23.7 Å². The van der Waals surface area contributed by atoms with Crippen molar-refractivity contribution in [1.82, 2.24) is 5.43 Å². The van der Waals surface area contributed by atoms with Gasteiger partial charge in [-0.3, -0.25) is 15.0 Å². The highest BCUT2D eigenvalue weighted by Gasteiger charge is 2.30. The Morgan fingerprint density at radius 2 is 1.70 bits per heavy atom. The van der Waals surface area contributed by atoms with Crippen molar-refractivity contribution in [2.45, 2.75) is 13.0 Å². The number of amides is 2. The fourth-order valence-corrected chi connectivity index (χ4v) is 2.96. The molecule has 0 spiro atoms. The molecular weight excluding hydrogens is 340 g/mol. The number of nitrogens with zero attached hydrogens (tertiary/aromatic N) is 2. The first-order valence-corrected chi connectivity index (χ1v) is 8.65. The maximum absolute atomic E-state index is 12.7. The first kappa shape index (κ1) is 16.8. The summed E-state index contributed by atoms with van der Waals surface area (Å²) in [6, 6.07) is 22.1. The van der Waals surface area contributed by atoms with Crippen LogP contribution in [0.2, 0.25) is 0 Å². The number of aliphatic imine (C=N–C) groups is 1. The summed E-state index contributed by atoms with van der Waals surface area (Å²) in [5.41, 5.74) is 4.15. The summed E-state index contributed by atoms with van der Waals surface area (Å²) in [6.07, 6.45) is 0. The molecule has 1 heterocycles. The fourth-order valence-electron chi connectivity index (χ4n) is 2.96. The zero-order valence-corrected chi connectivity index (χ0v) is 14.7. The van der Waals surface area contributed by atoms with Crippen LogP contribution in [0.25, 0.3) is 10.8 Å². The summed E-state index contributed by atoms with van der Waals surface area (Å²) in [4.78, 5) is 29.3. The van der Waals surface area contributed by atoms with E-state index in [-0.39, 0.29) is 11.7 Å². The lowest BCUT2D eigenvalue weighted by Crippen LogP contribution is -2.57. The number of fused-ring (bicyclic) bond motifs is 1. The highest BCUT2D eigenvalue weighted by Crippen LogP contribution is 2.20. The summed E-state index contributed by atoms with van der Waals surface area (Å²) >= 11 is 0. The van der Waals surface area contributed by atoms with Crippen LogP contribution in [-0.2, 0) is 9.59 Å². The molecule has 0 saturated heterocycles. The van der Waals surface area contributed by atoms with E-state index in [1.807, 2.05) is 60.7 Å². The maximum Gasteiger partial charge on any atom is 0.292 e. The van der Waals surface area contributed by atoms with Gasteiger partial charge in [0.05, 0.1) is 5.69 Å². The molecule has 0 aliphatic carbocycles. The SMILES string of the molecule is CC1N=C(C(=O)Nc2ccc3ccccc3c2)NN(c2ccccc2)C1=O. The molecule has 3 aromatic carbocycles. The quantitative estimate of drug-likeness (QED) is 0.755. The molecule has 2 N–H and O–H groups in total. The maximum atomic E-state index is 12.7. The Morgan fingerprint density at radius 1 is 1.00 bits per heavy atom. The van der Waals surface area contributed by atoms with Gasteiger partial charge in [0, 0.05) is 5.69 Å². The Morgan fingerprint density at radius 3 is 2.48 bits per heavy atom. The van der Waals surface area contributed by atoms with Gasteiger partial charge in [0.2, 0.25) is 5.84 Å². The molecule has 27 heavy (non-hydrogen) atoms. The third-order valence-electron chi connectivity index (χ3n) is 4.36. The highest BCUT2D eigenvalue weighted by molar-refractivity contribution is 6.43. The average molecular weight is 358 g/mol. The van der Waals surface area contributed by atoms with Gasteiger partial charge in [-0.2, -0.15) is 0 Å². The highest BCUT2D eigenvalue weighted by atomic mass is 16.2. The van der Waals surface area contributed by atoms with Crippen molar-refractivity contribution in [3.63, 3.8) is 0 Å². The molecule has 6 nitrogen and oxygen atoms in total. The summed E-state index contributed by atoms with van der Waals surface area (Å²) < 4.78 is 0. The number of nitrogens with one attached hydrogen (secondary N) is 2. The number of hydrogen-bond acceptors (Lipinski definition) is 4. The summed E-state index contributed by atoms with van der Waals surface area (Å²) in [5.74, 6) is -0.520. The van der Waals surface area contributed by atoms with Crippen LogP contribution in [0.15, 0.2) is 77.8 Å². The van der Waals surface area contributed by atoms with Gasteiger partial charge in [0.15, 0.2) is 0 Å². The second kappa shape index (κ2) is 6.92. The number of hydrazine groups is 1. The number of amidine groups is 1. The zero-order chi connectivity index (χ0) is 18.8. The molecule has 0 aromatic heterocycles. The average Bonchev–Trinajstić information content (AvgIpc) is 2.70. The van der Waals surface area contributed by atoms with Crippen LogP contribution < -0.4 is 15.8 Å². The van der Waals surface area contributed by atoms with Crippen molar-refractivity contribution in [3.8, 4) is 0 Å². The molecule has 0 saturated carbocycles. The lowest BCUT2D eigenvalue weighted by atomic mass is 10.1. The van der Waals surface area contributed by atoms with Crippen LogP contribution in [0.3, 0.4) is 0 Å². The summed E-state index contributed by atoms with van der Waals surface area (Å²) in [7, 11) is 0. The number of para-hydroxylation sites is 1. The Labute approximate surface area is 156 Å². The largest absolute Gasteiger partial charge is 0.319 e. The molecule has 0 fully saturated rings. The first-order chi connectivity index (χ1) is 13.1. The number of carbonyl (C=O) groups excluding carboxylic acids is 2. The molecule has 1 aliphatic heterocycles. The van der Waals surface area contributed by atoms with Crippen LogP contribution in [0, 0.1) is 0 Å². The van der Waals surface area contributed by atoms with E-state index in [1.165, 1.54) is 5.01 Å². The van der Waals surface area contributed by atoms with Gasteiger partial charge in [-0.05, 0) is 42.0 Å². The van der Waals surface area contributed by atoms with Crippen molar-refractivity contribution in [1.29, 1.82) is 0 Å². The van der Waals surface area contributed by atoms with Crippen LogP contribution >= 0.6 is 0 Å². The number of rotatable bonds is 3. The minimum atomic E-state index is -0.649. The minimum absolute atomic E-state index is 0.0964. The molecule has 1 aliphatic rings. The van der Waals surface area contributed by atoms with Crippen LogP contribution in [0.4, 0.5) is 11.4 Å². The fraction of sp³-hybridized carbons (Fsp3) is 0.0952. The van der Waals surface area contributed by atoms with Crippen molar-refractivity contribution in [3.05, 3.63) is 72.8 Å². The molecule has 1 atom stereocenters. The third kappa shape index (κ3) is 3.37. The Kier molecular flexibility index (Phi) is 4.30. The lowest BCUT2D eigenvalue weighted by molar-refractivity contribution is -0.120. The van der Waals surface area contributed by atoms with Gasteiger partial charge in [0.1, 0.15) is 6.04 Å². The van der Waals surface area contributed by atoms with E-state index in [0.29, 0.717) is 11.4 Å². The van der Waals surface area contributed by atoms with Crippen LogP contribution in [0.1, 0.15) is 6.92 Å². The summed E-state index contributed by atoms with van der Waals surface area (Å²) in [6.45, 7) is 1.67. The van der Waals surface area contributed by atoms with Crippen molar-refractivity contribution in [2.24, 2.45) is 4.99 Å². The molecule has 4 rings (SSSR count). The second-order valence-electron chi connectivity index (χ2n) is 6.29. The molecule has 134 valence electrons. The molecule has 2 amide bonds. The van der Waals surface area contributed by atoms with Gasteiger partial charge >= 0.3 is 0 Å². The van der Waals surface area contributed by atoms with Crippen molar-refractivity contribution < 1.29 is 9.59 Å². The first-order valence-electron chi connectivity index (χ1n) is 8.65. The van der Waals surface area contributed by atoms with E-state index in [1.54, 1.807) is 19.1 Å². The topological polar surface area (TPSA) is 73.8 Å². The normalized spacial score (nSPS) is 16.6. The third-order valence-corrected chi connectivity index (χ3v) is 4.36. The molecule has 0 bridgehead atoms. The Balaban J connectivity index is 1.57. The minimum Gasteiger partial charge on any atom is -0.319 e. The van der Waals surface area contributed by atoms with E-state index in [0.717, 1.165) is 10.8 Å². The van der Waals surface area contributed by atoms with Gasteiger partial charge in [-0.15, -0.1) is 0 Å². The number of anilines is 2. The van der Waals surface area contributed by atoms with Gasteiger partial charge < -0.3 is 5.32 Å². The van der Waals surface area contributed by atoms with Crippen molar-refractivity contribution in [2.75, 3.05) is 10.3 Å². The monoisotopic (exact) mass is 358 g/mol. The van der Waals surface area contributed by atoms with E-state index < -0.39 is 11.9 Å². The number of carbonyl (C=O) groups is 2. The standard InChI is InChI=1S/C21H18N4O2/c1-14-21(27)25(18-9-3-2-4-10-18)24-19(22-14)20(26)23-17-12-11-15-7-5-6-8-16(15)13-17/h2-14H,1H3,(H,22,24)(H,23,26). The predicted molar refractivity (Wildman–Crippen MR) is 107 cm³/mol. The van der Waals surface area contributed by atoms with E-state index in [2.05, 4.69) is 15.7 Å². The van der Waals surface area contributed by atoms with Crippen molar-refractivity contribution >= 4 is 39.8 Å². The lowest BCUT2D eigenvalue weighted by Gasteiger charge is -2.30. The van der Waals surface area contributed by atoms with Gasteiger partial charge in [0.25, 0.3) is 11.8 Å². The molecule has 6 heteroatoms. The number of benzene rings is 3.